The Morgan fingerprint density at radius 3 is 2.74 bits per heavy atom. The first kappa shape index (κ1) is 21.2. The average Bonchev–Trinajstić information content (AvgIpc) is 3.11. The molecule has 4 aromatic rings. The number of aryl methyl sites for hydroxylation is 1. The van der Waals surface area contributed by atoms with Gasteiger partial charge in [0.1, 0.15) is 0 Å². The summed E-state index contributed by atoms with van der Waals surface area (Å²) in [6.45, 7) is 2.77. The van der Waals surface area contributed by atoms with Gasteiger partial charge in [0, 0.05) is 5.02 Å². The summed E-state index contributed by atoms with van der Waals surface area (Å²) >= 11 is 7.35. The molecule has 1 N–H and O–H groups in total. The predicted octanol–water partition coefficient (Wildman–Crippen LogP) is 5.29. The van der Waals surface area contributed by atoms with Crippen LogP contribution in [0.2, 0.25) is 5.02 Å². The highest BCUT2D eigenvalue weighted by Gasteiger charge is 2.13. The second-order valence-electron chi connectivity index (χ2n) is 7.09. The van der Waals surface area contributed by atoms with Crippen LogP contribution in [0.3, 0.4) is 0 Å². The summed E-state index contributed by atoms with van der Waals surface area (Å²) in [6.07, 6.45) is 1.57. The van der Waals surface area contributed by atoms with Crippen LogP contribution in [0, 0.1) is 6.92 Å². The summed E-state index contributed by atoms with van der Waals surface area (Å²) < 4.78 is 2.15. The third kappa shape index (κ3) is 5.54. The molecule has 5 nitrogen and oxygen atoms in total. The van der Waals surface area contributed by atoms with Gasteiger partial charge in [0.2, 0.25) is 0 Å². The van der Waals surface area contributed by atoms with Gasteiger partial charge < -0.3 is 4.57 Å². The van der Waals surface area contributed by atoms with E-state index in [1.165, 1.54) is 22.9 Å². The number of nitrogens with one attached hydrogen (secondary N) is 1. The maximum Gasteiger partial charge on any atom is 0.250 e. The molecule has 0 saturated carbocycles. The van der Waals surface area contributed by atoms with Crippen LogP contribution in [0.25, 0.3) is 11.0 Å². The molecule has 0 radical (unpaired) electrons. The van der Waals surface area contributed by atoms with Crippen molar-refractivity contribution in [3.05, 3.63) is 94.5 Å². The lowest BCUT2D eigenvalue weighted by Gasteiger charge is -2.09. The molecule has 0 spiro atoms. The predicted molar refractivity (Wildman–Crippen MR) is 128 cm³/mol. The van der Waals surface area contributed by atoms with Crippen molar-refractivity contribution in [3.8, 4) is 0 Å². The zero-order chi connectivity index (χ0) is 21.6. The minimum atomic E-state index is -0.197. The molecule has 1 aromatic heterocycles. The number of fused-ring (bicyclic) bond motifs is 1. The third-order valence-electron chi connectivity index (χ3n) is 4.66. The number of nitrogens with zero attached hydrogens (tertiary/aromatic N) is 3. The smallest absolute Gasteiger partial charge is 0.250 e. The number of benzene rings is 3. The van der Waals surface area contributed by atoms with Gasteiger partial charge in [-0.3, -0.25) is 4.79 Å². The molecule has 156 valence electrons. The highest BCUT2D eigenvalue weighted by Crippen LogP contribution is 2.25. The van der Waals surface area contributed by atoms with E-state index < -0.39 is 0 Å². The van der Waals surface area contributed by atoms with Crippen molar-refractivity contribution in [1.82, 2.24) is 15.0 Å². The topological polar surface area (TPSA) is 59.3 Å². The molecule has 0 aliphatic carbocycles. The van der Waals surface area contributed by atoms with Gasteiger partial charge in [-0.15, -0.1) is 0 Å². The minimum absolute atomic E-state index is 0.197. The second-order valence-corrected chi connectivity index (χ2v) is 8.47. The summed E-state index contributed by atoms with van der Waals surface area (Å²) in [4.78, 5) is 17.0. The molecule has 4 rings (SSSR count). The molecular formula is C24H21ClN4OS. The average molecular weight is 449 g/mol. The number of hydrazone groups is 1. The van der Waals surface area contributed by atoms with Gasteiger partial charge >= 0.3 is 0 Å². The number of halogens is 1. The third-order valence-corrected chi connectivity index (χ3v) is 5.88. The Hall–Kier alpha value is -3.09. The van der Waals surface area contributed by atoms with E-state index in [9.17, 15) is 4.79 Å². The zero-order valence-electron chi connectivity index (χ0n) is 17.0. The molecule has 0 bridgehead atoms. The van der Waals surface area contributed by atoms with Crippen molar-refractivity contribution >= 4 is 46.5 Å². The van der Waals surface area contributed by atoms with Gasteiger partial charge in [-0.2, -0.15) is 5.10 Å². The number of carbonyl (C=O) groups is 1. The summed E-state index contributed by atoms with van der Waals surface area (Å²) in [5.74, 6) is 0.0154. The second kappa shape index (κ2) is 9.81. The van der Waals surface area contributed by atoms with Crippen molar-refractivity contribution in [2.45, 2.75) is 18.6 Å². The van der Waals surface area contributed by atoms with Crippen LogP contribution in [-0.4, -0.2) is 27.4 Å². The summed E-state index contributed by atoms with van der Waals surface area (Å²) in [5, 5.41) is 5.44. The first-order valence-electron chi connectivity index (χ1n) is 9.79. The Morgan fingerprint density at radius 2 is 1.94 bits per heavy atom. The maximum atomic E-state index is 12.3. The van der Waals surface area contributed by atoms with Crippen molar-refractivity contribution in [1.29, 1.82) is 0 Å². The number of aromatic nitrogens is 2. The fraction of sp³-hybridized carbons (Fsp3) is 0.125. The van der Waals surface area contributed by atoms with E-state index >= 15 is 0 Å². The number of imidazole rings is 1. The summed E-state index contributed by atoms with van der Waals surface area (Å²) in [7, 11) is 0. The number of para-hydroxylation sites is 2. The molecule has 31 heavy (non-hydrogen) atoms. The fourth-order valence-electron chi connectivity index (χ4n) is 3.12. The maximum absolute atomic E-state index is 12.3. The molecule has 0 fully saturated rings. The molecule has 3 aromatic carbocycles. The van der Waals surface area contributed by atoms with E-state index in [1.807, 2.05) is 30.3 Å². The van der Waals surface area contributed by atoms with E-state index in [1.54, 1.807) is 18.3 Å². The lowest BCUT2D eigenvalue weighted by molar-refractivity contribution is -0.118. The number of carbonyl (C=O) groups excluding carboxylic acids is 1. The largest absolute Gasteiger partial charge is 0.314 e. The van der Waals surface area contributed by atoms with Crippen molar-refractivity contribution in [2.24, 2.45) is 5.10 Å². The van der Waals surface area contributed by atoms with Gasteiger partial charge in [0.25, 0.3) is 5.91 Å². The number of rotatable bonds is 7. The zero-order valence-corrected chi connectivity index (χ0v) is 18.5. The number of hydrogen-bond donors (Lipinski definition) is 1. The molecule has 0 unspecified atom stereocenters. The first-order valence-corrected chi connectivity index (χ1v) is 11.2. The Bertz CT molecular complexity index is 1230. The summed E-state index contributed by atoms with van der Waals surface area (Å²) in [5.41, 5.74) is 7.75. The van der Waals surface area contributed by atoms with Gasteiger partial charge in [0.15, 0.2) is 5.16 Å². The van der Waals surface area contributed by atoms with Gasteiger partial charge in [-0.05, 0) is 42.3 Å². The number of hydrogen-bond acceptors (Lipinski definition) is 4. The van der Waals surface area contributed by atoms with Crippen LogP contribution in [0.15, 0.2) is 83.1 Å². The molecule has 7 heteroatoms. The van der Waals surface area contributed by atoms with Crippen LogP contribution in [0.1, 0.15) is 16.7 Å². The number of amides is 1. The standard InChI is InChI=1S/C24H21ClN4OS/c1-17-9-11-18(12-10-17)15-29-22-8-3-2-7-21(22)27-24(29)31-16-23(30)28-26-14-19-5-4-6-20(25)13-19/h2-14H,15-16H2,1H3,(H,28,30). The van der Waals surface area contributed by atoms with E-state index in [2.05, 4.69) is 52.3 Å². The highest BCUT2D eigenvalue weighted by atomic mass is 35.5. The summed E-state index contributed by atoms with van der Waals surface area (Å²) in [6, 6.07) is 23.7. The van der Waals surface area contributed by atoms with Crippen LogP contribution < -0.4 is 5.43 Å². The SMILES string of the molecule is Cc1ccc(Cn2c(SCC(=O)NN=Cc3cccc(Cl)c3)nc3ccccc32)cc1. The minimum Gasteiger partial charge on any atom is -0.314 e. The molecule has 0 aliphatic rings. The quantitative estimate of drug-likeness (QED) is 0.237. The molecule has 0 saturated heterocycles. The van der Waals surface area contributed by atoms with Crippen molar-refractivity contribution < 1.29 is 4.79 Å². The van der Waals surface area contributed by atoms with Crippen molar-refractivity contribution in [3.63, 3.8) is 0 Å². The molecule has 0 aliphatic heterocycles. The highest BCUT2D eigenvalue weighted by molar-refractivity contribution is 7.99. The lowest BCUT2D eigenvalue weighted by atomic mass is 10.1. The Labute approximate surface area is 190 Å². The van der Waals surface area contributed by atoms with E-state index in [0.717, 1.165) is 21.8 Å². The lowest BCUT2D eigenvalue weighted by Crippen LogP contribution is -2.20. The number of thioether (sulfide) groups is 1. The van der Waals surface area contributed by atoms with Crippen LogP contribution >= 0.6 is 23.4 Å². The van der Waals surface area contributed by atoms with Crippen LogP contribution in [0.5, 0.6) is 0 Å². The van der Waals surface area contributed by atoms with Gasteiger partial charge in [-0.1, -0.05) is 77.5 Å². The molecule has 1 heterocycles. The molecular weight excluding hydrogens is 428 g/mol. The Kier molecular flexibility index (Phi) is 6.70. The van der Waals surface area contributed by atoms with E-state index in [4.69, 9.17) is 16.6 Å². The van der Waals surface area contributed by atoms with Gasteiger partial charge in [0.05, 0.1) is 29.5 Å². The van der Waals surface area contributed by atoms with Gasteiger partial charge in [-0.25, -0.2) is 10.4 Å². The monoisotopic (exact) mass is 448 g/mol. The molecule has 1 amide bonds. The van der Waals surface area contributed by atoms with E-state index in [0.29, 0.717) is 11.6 Å². The Morgan fingerprint density at radius 1 is 1.13 bits per heavy atom. The normalized spacial score (nSPS) is 11.3. The van der Waals surface area contributed by atoms with Crippen molar-refractivity contribution in [2.75, 3.05) is 5.75 Å². The Balaban J connectivity index is 1.45. The van der Waals surface area contributed by atoms with Crippen LogP contribution in [-0.2, 0) is 11.3 Å². The molecule has 0 atom stereocenters. The fourth-order valence-corrected chi connectivity index (χ4v) is 4.13. The van der Waals surface area contributed by atoms with Crippen LogP contribution in [0.4, 0.5) is 0 Å². The first-order chi connectivity index (χ1) is 15.1. The van der Waals surface area contributed by atoms with E-state index in [-0.39, 0.29) is 11.7 Å².